The van der Waals surface area contributed by atoms with E-state index in [0.29, 0.717) is 0 Å². The summed E-state index contributed by atoms with van der Waals surface area (Å²) in [4.78, 5) is 10.1. The van der Waals surface area contributed by atoms with E-state index in [2.05, 4.69) is 5.16 Å². The van der Waals surface area contributed by atoms with Crippen molar-refractivity contribution in [2.24, 2.45) is 10.9 Å². The second-order valence-electron chi connectivity index (χ2n) is 3.98. The molecule has 2 aromatic carbocycles. The van der Waals surface area contributed by atoms with Crippen molar-refractivity contribution >= 4 is 11.5 Å². The van der Waals surface area contributed by atoms with E-state index in [4.69, 9.17) is 15.7 Å². The van der Waals surface area contributed by atoms with Gasteiger partial charge in [0.25, 0.3) is 5.69 Å². The maximum absolute atomic E-state index is 13.2. The number of non-ortho nitro benzene ring substituents is 1. The molecule has 0 aliphatic carbocycles. The monoisotopic (exact) mass is 291 g/mol. The third-order valence-electron chi connectivity index (χ3n) is 2.58. The molecule has 3 N–H and O–H groups in total. The molecule has 0 atom stereocenters. The third kappa shape index (κ3) is 3.24. The van der Waals surface area contributed by atoms with Gasteiger partial charge in [-0.05, 0) is 24.3 Å². The molecule has 0 aliphatic heterocycles. The summed E-state index contributed by atoms with van der Waals surface area (Å²) in [6, 6.07) is 8.89. The normalized spacial score (nSPS) is 11.2. The van der Waals surface area contributed by atoms with Gasteiger partial charge in [-0.25, -0.2) is 4.39 Å². The van der Waals surface area contributed by atoms with Crippen LogP contribution in [0.25, 0.3) is 0 Å². The summed E-state index contributed by atoms with van der Waals surface area (Å²) in [5.74, 6) is -0.659. The highest BCUT2D eigenvalue weighted by Crippen LogP contribution is 2.28. The van der Waals surface area contributed by atoms with Crippen molar-refractivity contribution in [1.29, 1.82) is 0 Å². The van der Waals surface area contributed by atoms with E-state index in [0.717, 1.165) is 12.1 Å². The minimum absolute atomic E-state index is 0.0315. The van der Waals surface area contributed by atoms with Crippen molar-refractivity contribution in [2.75, 3.05) is 0 Å². The second kappa shape index (κ2) is 5.87. The van der Waals surface area contributed by atoms with Crippen LogP contribution in [0.2, 0.25) is 0 Å². The summed E-state index contributed by atoms with van der Waals surface area (Å²) in [7, 11) is 0. The van der Waals surface area contributed by atoms with Gasteiger partial charge in [0.1, 0.15) is 17.3 Å². The largest absolute Gasteiger partial charge is 0.456 e. The number of hydrogen-bond acceptors (Lipinski definition) is 5. The number of rotatable bonds is 4. The SMILES string of the molecule is NC(=NO)c1cc(F)ccc1Oc1cccc([N+](=O)[O-])c1. The van der Waals surface area contributed by atoms with Gasteiger partial charge in [0.15, 0.2) is 5.84 Å². The highest BCUT2D eigenvalue weighted by atomic mass is 19.1. The Labute approximate surface area is 118 Å². The summed E-state index contributed by atoms with van der Waals surface area (Å²) in [6.07, 6.45) is 0. The van der Waals surface area contributed by atoms with Gasteiger partial charge in [-0.1, -0.05) is 11.2 Å². The molecule has 0 amide bonds. The quantitative estimate of drug-likeness (QED) is 0.296. The molecule has 0 spiro atoms. The maximum Gasteiger partial charge on any atom is 0.273 e. The van der Waals surface area contributed by atoms with Gasteiger partial charge >= 0.3 is 0 Å². The van der Waals surface area contributed by atoms with Crippen LogP contribution in [-0.4, -0.2) is 16.0 Å². The van der Waals surface area contributed by atoms with E-state index in [9.17, 15) is 14.5 Å². The Kier molecular flexibility index (Phi) is 3.98. The molecule has 0 unspecified atom stereocenters. The lowest BCUT2D eigenvalue weighted by atomic mass is 10.2. The summed E-state index contributed by atoms with van der Waals surface area (Å²) in [6.45, 7) is 0. The van der Waals surface area contributed by atoms with Gasteiger partial charge in [0.05, 0.1) is 16.6 Å². The Hall–Kier alpha value is -3.16. The van der Waals surface area contributed by atoms with Crippen LogP contribution in [0.15, 0.2) is 47.6 Å². The minimum Gasteiger partial charge on any atom is -0.456 e. The fraction of sp³-hybridized carbons (Fsp3) is 0. The molecule has 0 saturated carbocycles. The van der Waals surface area contributed by atoms with Gasteiger partial charge < -0.3 is 15.7 Å². The zero-order chi connectivity index (χ0) is 15.4. The zero-order valence-electron chi connectivity index (χ0n) is 10.6. The van der Waals surface area contributed by atoms with Gasteiger partial charge in [0, 0.05) is 6.07 Å². The van der Waals surface area contributed by atoms with Crippen LogP contribution in [0, 0.1) is 15.9 Å². The number of oxime groups is 1. The summed E-state index contributed by atoms with van der Waals surface area (Å²) >= 11 is 0. The van der Waals surface area contributed by atoms with E-state index in [1.54, 1.807) is 0 Å². The number of amidine groups is 1. The fourth-order valence-electron chi connectivity index (χ4n) is 1.63. The van der Waals surface area contributed by atoms with Crippen molar-refractivity contribution in [3.63, 3.8) is 0 Å². The van der Waals surface area contributed by atoms with Crippen molar-refractivity contribution in [2.45, 2.75) is 0 Å². The van der Waals surface area contributed by atoms with Crippen LogP contribution in [0.1, 0.15) is 5.56 Å². The number of nitrogens with zero attached hydrogens (tertiary/aromatic N) is 2. The molecule has 0 aliphatic rings. The number of hydrogen-bond donors (Lipinski definition) is 2. The van der Waals surface area contributed by atoms with Gasteiger partial charge in [0.2, 0.25) is 0 Å². The van der Waals surface area contributed by atoms with E-state index in [1.807, 2.05) is 0 Å². The molecule has 0 fully saturated rings. The maximum atomic E-state index is 13.2. The summed E-state index contributed by atoms with van der Waals surface area (Å²) in [5, 5.41) is 22.2. The highest BCUT2D eigenvalue weighted by molar-refractivity contribution is 5.99. The van der Waals surface area contributed by atoms with Crippen LogP contribution >= 0.6 is 0 Å². The zero-order valence-corrected chi connectivity index (χ0v) is 10.6. The molecule has 0 bridgehead atoms. The van der Waals surface area contributed by atoms with Crippen LogP contribution in [0.5, 0.6) is 11.5 Å². The van der Waals surface area contributed by atoms with Crippen molar-refractivity contribution in [1.82, 2.24) is 0 Å². The van der Waals surface area contributed by atoms with Crippen molar-refractivity contribution in [3.05, 3.63) is 64.0 Å². The molecule has 2 aromatic rings. The predicted molar refractivity (Wildman–Crippen MR) is 72.1 cm³/mol. The van der Waals surface area contributed by atoms with Gasteiger partial charge in [-0.3, -0.25) is 10.1 Å². The Balaban J connectivity index is 2.40. The molecule has 0 aromatic heterocycles. The Bertz CT molecular complexity index is 718. The molecular formula is C13H10FN3O4. The number of nitro groups is 1. The second-order valence-corrected chi connectivity index (χ2v) is 3.98. The van der Waals surface area contributed by atoms with Crippen molar-refractivity contribution < 1.29 is 19.3 Å². The lowest BCUT2D eigenvalue weighted by Gasteiger charge is -2.10. The summed E-state index contributed by atoms with van der Waals surface area (Å²) < 4.78 is 18.7. The molecule has 0 heterocycles. The van der Waals surface area contributed by atoms with E-state index >= 15 is 0 Å². The molecule has 8 heteroatoms. The minimum atomic E-state index is -0.594. The smallest absolute Gasteiger partial charge is 0.273 e. The standard InChI is InChI=1S/C13H10FN3O4/c14-8-4-5-12(11(6-8)13(15)16-18)21-10-3-1-2-9(7-10)17(19)20/h1-7,18H,(H2,15,16). The van der Waals surface area contributed by atoms with E-state index in [1.165, 1.54) is 30.3 Å². The Morgan fingerprint density at radius 2 is 2.10 bits per heavy atom. The molecule has 0 radical (unpaired) electrons. The molecule has 7 nitrogen and oxygen atoms in total. The van der Waals surface area contributed by atoms with Crippen molar-refractivity contribution in [3.8, 4) is 11.5 Å². The molecule has 108 valence electrons. The lowest BCUT2D eigenvalue weighted by Crippen LogP contribution is -2.14. The number of ether oxygens (including phenoxy) is 1. The molecular weight excluding hydrogens is 281 g/mol. The van der Waals surface area contributed by atoms with E-state index < -0.39 is 10.7 Å². The first-order valence-corrected chi connectivity index (χ1v) is 5.71. The number of halogens is 1. The highest BCUT2D eigenvalue weighted by Gasteiger charge is 2.13. The number of benzene rings is 2. The molecule has 21 heavy (non-hydrogen) atoms. The van der Waals surface area contributed by atoms with Crippen LogP contribution < -0.4 is 10.5 Å². The van der Waals surface area contributed by atoms with Gasteiger partial charge in [-0.2, -0.15) is 0 Å². The molecule has 2 rings (SSSR count). The van der Waals surface area contributed by atoms with Crippen LogP contribution in [0.3, 0.4) is 0 Å². The van der Waals surface area contributed by atoms with Crippen LogP contribution in [0.4, 0.5) is 10.1 Å². The summed E-state index contributed by atoms with van der Waals surface area (Å²) in [5.41, 5.74) is 5.32. The topological polar surface area (TPSA) is 111 Å². The average Bonchev–Trinajstić information content (AvgIpc) is 2.48. The third-order valence-corrected chi connectivity index (χ3v) is 2.58. The first-order valence-electron chi connectivity index (χ1n) is 5.71. The van der Waals surface area contributed by atoms with Gasteiger partial charge in [-0.15, -0.1) is 0 Å². The average molecular weight is 291 g/mol. The lowest BCUT2D eigenvalue weighted by molar-refractivity contribution is -0.384. The number of nitro benzene ring substituents is 1. The Morgan fingerprint density at radius 1 is 1.33 bits per heavy atom. The first kappa shape index (κ1) is 14.3. The number of nitrogens with two attached hydrogens (primary N) is 1. The Morgan fingerprint density at radius 3 is 2.76 bits per heavy atom. The fourth-order valence-corrected chi connectivity index (χ4v) is 1.63. The first-order chi connectivity index (χ1) is 10.0. The predicted octanol–water partition coefficient (Wildman–Crippen LogP) is 2.62. The molecule has 0 saturated heterocycles. The van der Waals surface area contributed by atoms with Crippen LogP contribution in [-0.2, 0) is 0 Å². The van der Waals surface area contributed by atoms with E-state index in [-0.39, 0.29) is 28.6 Å².